The highest BCUT2D eigenvalue weighted by molar-refractivity contribution is 5.24. The maximum atomic E-state index is 5.65. The second-order valence-corrected chi connectivity index (χ2v) is 3.97. The van der Waals surface area contributed by atoms with Gasteiger partial charge in [-0.1, -0.05) is 6.07 Å². The fourth-order valence-electron chi connectivity index (χ4n) is 1.82. The second-order valence-electron chi connectivity index (χ2n) is 3.97. The van der Waals surface area contributed by atoms with Gasteiger partial charge in [-0.2, -0.15) is 0 Å². The predicted molar refractivity (Wildman–Crippen MR) is 61.2 cm³/mol. The van der Waals surface area contributed by atoms with Crippen LogP contribution in [0.2, 0.25) is 0 Å². The quantitative estimate of drug-likeness (QED) is 0.838. The van der Waals surface area contributed by atoms with Crippen LogP contribution in [0, 0.1) is 0 Å². The molecule has 1 aromatic heterocycles. The number of hydrogen-bond acceptors (Lipinski definition) is 4. The number of ether oxygens (including phenoxy) is 2. The molecule has 1 fully saturated rings. The second kappa shape index (κ2) is 5.82. The maximum absolute atomic E-state index is 5.65. The summed E-state index contributed by atoms with van der Waals surface area (Å²) in [6.07, 6.45) is 5.39. The van der Waals surface area contributed by atoms with Crippen molar-refractivity contribution in [2.75, 3.05) is 13.2 Å². The Balaban J connectivity index is 1.88. The van der Waals surface area contributed by atoms with Crippen molar-refractivity contribution in [3.63, 3.8) is 0 Å². The average Bonchev–Trinajstić information content (AvgIpc) is 2.38. The molecule has 2 heterocycles. The van der Waals surface area contributed by atoms with Crippen molar-refractivity contribution in [2.45, 2.75) is 31.9 Å². The lowest BCUT2D eigenvalue weighted by atomic mass is 10.1. The van der Waals surface area contributed by atoms with Crippen molar-refractivity contribution in [3.05, 3.63) is 23.9 Å². The summed E-state index contributed by atoms with van der Waals surface area (Å²) in [6.45, 7) is 1.87. The molecule has 1 aliphatic heterocycles. The largest absolute Gasteiger partial charge is 0.475 e. The van der Waals surface area contributed by atoms with Crippen LogP contribution in [0.1, 0.15) is 24.8 Å². The molecule has 0 aliphatic carbocycles. The summed E-state index contributed by atoms with van der Waals surface area (Å²) in [5.41, 5.74) is 6.55. The van der Waals surface area contributed by atoms with Gasteiger partial charge in [-0.15, -0.1) is 0 Å². The lowest BCUT2D eigenvalue weighted by Crippen LogP contribution is -2.26. The van der Waals surface area contributed by atoms with E-state index in [2.05, 4.69) is 4.98 Å². The molecular formula is C12H18N2O2. The van der Waals surface area contributed by atoms with Crippen molar-refractivity contribution in [1.29, 1.82) is 0 Å². The molecule has 4 heteroatoms. The predicted octanol–water partition coefficient (Wildman–Crippen LogP) is 1.49. The normalized spacial score (nSPS) is 20.7. The number of nitrogens with zero attached hydrogens (tertiary/aromatic N) is 1. The summed E-state index contributed by atoms with van der Waals surface area (Å²) in [7, 11) is 0. The minimum atomic E-state index is 0.210. The Kier molecular flexibility index (Phi) is 4.13. The third-order valence-corrected chi connectivity index (χ3v) is 2.75. The Hall–Kier alpha value is -1.13. The van der Waals surface area contributed by atoms with Crippen LogP contribution in [0.4, 0.5) is 0 Å². The lowest BCUT2D eigenvalue weighted by molar-refractivity contribution is -0.0121. The average molecular weight is 222 g/mol. The van der Waals surface area contributed by atoms with Crippen molar-refractivity contribution in [2.24, 2.45) is 5.73 Å². The van der Waals surface area contributed by atoms with Crippen LogP contribution in [0.5, 0.6) is 5.88 Å². The van der Waals surface area contributed by atoms with Gasteiger partial charge in [-0.05, 0) is 25.3 Å². The van der Waals surface area contributed by atoms with Gasteiger partial charge in [0, 0.05) is 24.9 Å². The van der Waals surface area contributed by atoms with Crippen molar-refractivity contribution in [3.8, 4) is 5.88 Å². The first-order valence-electron chi connectivity index (χ1n) is 5.78. The van der Waals surface area contributed by atoms with E-state index >= 15 is 0 Å². The molecule has 2 rings (SSSR count). The monoisotopic (exact) mass is 222 g/mol. The van der Waals surface area contributed by atoms with Crippen molar-refractivity contribution < 1.29 is 9.47 Å². The summed E-state index contributed by atoms with van der Waals surface area (Å²) in [6, 6.07) is 3.80. The smallest absolute Gasteiger partial charge is 0.217 e. The molecule has 2 N–H and O–H groups in total. The Labute approximate surface area is 95.8 Å². The van der Waals surface area contributed by atoms with Gasteiger partial charge in [0.05, 0.1) is 6.10 Å². The third-order valence-electron chi connectivity index (χ3n) is 2.75. The van der Waals surface area contributed by atoms with Crippen LogP contribution in [-0.4, -0.2) is 24.3 Å². The minimum Gasteiger partial charge on any atom is -0.475 e. The van der Waals surface area contributed by atoms with E-state index in [4.69, 9.17) is 15.2 Å². The summed E-state index contributed by atoms with van der Waals surface area (Å²) in [5.74, 6) is 0.638. The topological polar surface area (TPSA) is 57.4 Å². The van der Waals surface area contributed by atoms with E-state index in [0.29, 0.717) is 19.0 Å². The summed E-state index contributed by atoms with van der Waals surface area (Å²) < 4.78 is 11.2. The molecule has 0 saturated carbocycles. The minimum absolute atomic E-state index is 0.210. The molecule has 0 spiro atoms. The zero-order valence-corrected chi connectivity index (χ0v) is 9.39. The number of nitrogens with two attached hydrogens (primary N) is 1. The SMILES string of the molecule is NCc1cccnc1OCC1CCCCO1. The maximum Gasteiger partial charge on any atom is 0.217 e. The lowest BCUT2D eigenvalue weighted by Gasteiger charge is -2.22. The van der Waals surface area contributed by atoms with Gasteiger partial charge in [0.15, 0.2) is 0 Å². The Morgan fingerprint density at radius 2 is 2.44 bits per heavy atom. The molecule has 88 valence electrons. The fourth-order valence-corrected chi connectivity index (χ4v) is 1.82. The van der Waals surface area contributed by atoms with Crippen LogP contribution < -0.4 is 10.5 Å². The molecule has 0 aromatic carbocycles. The standard InChI is InChI=1S/C12H18N2O2/c13-8-10-4-3-6-14-12(10)16-9-11-5-1-2-7-15-11/h3-4,6,11H,1-2,5,7-9,13H2. The molecule has 1 saturated heterocycles. The van der Waals surface area contributed by atoms with Crippen LogP contribution in [-0.2, 0) is 11.3 Å². The van der Waals surface area contributed by atoms with Crippen LogP contribution in [0.3, 0.4) is 0 Å². The number of hydrogen-bond donors (Lipinski definition) is 1. The van der Waals surface area contributed by atoms with Crippen molar-refractivity contribution in [1.82, 2.24) is 4.98 Å². The Morgan fingerprint density at radius 1 is 1.50 bits per heavy atom. The zero-order chi connectivity index (χ0) is 11.2. The first kappa shape index (κ1) is 11.4. The van der Waals surface area contributed by atoms with Crippen LogP contribution in [0.25, 0.3) is 0 Å². The van der Waals surface area contributed by atoms with Crippen LogP contribution >= 0.6 is 0 Å². The van der Waals surface area contributed by atoms with Gasteiger partial charge in [0.1, 0.15) is 6.61 Å². The first-order chi connectivity index (χ1) is 7.90. The molecule has 0 radical (unpaired) electrons. The summed E-state index contributed by atoms with van der Waals surface area (Å²) in [4.78, 5) is 4.18. The number of aromatic nitrogens is 1. The highest BCUT2D eigenvalue weighted by Crippen LogP contribution is 2.17. The highest BCUT2D eigenvalue weighted by atomic mass is 16.5. The molecule has 0 bridgehead atoms. The number of pyridine rings is 1. The molecule has 16 heavy (non-hydrogen) atoms. The van der Waals surface area contributed by atoms with Gasteiger partial charge in [-0.3, -0.25) is 0 Å². The van der Waals surface area contributed by atoms with E-state index in [1.165, 1.54) is 6.42 Å². The van der Waals surface area contributed by atoms with Crippen LogP contribution in [0.15, 0.2) is 18.3 Å². The fraction of sp³-hybridized carbons (Fsp3) is 0.583. The van der Waals surface area contributed by atoms with Gasteiger partial charge in [0.2, 0.25) is 5.88 Å². The highest BCUT2D eigenvalue weighted by Gasteiger charge is 2.15. The van der Waals surface area contributed by atoms with E-state index in [1.807, 2.05) is 12.1 Å². The first-order valence-corrected chi connectivity index (χ1v) is 5.78. The van der Waals surface area contributed by atoms with E-state index in [-0.39, 0.29) is 6.10 Å². The van der Waals surface area contributed by atoms with Crippen molar-refractivity contribution >= 4 is 0 Å². The zero-order valence-electron chi connectivity index (χ0n) is 9.39. The molecule has 0 amide bonds. The molecular weight excluding hydrogens is 204 g/mol. The van der Waals surface area contributed by atoms with Gasteiger partial charge in [0.25, 0.3) is 0 Å². The summed E-state index contributed by atoms with van der Waals surface area (Å²) >= 11 is 0. The van der Waals surface area contributed by atoms with Gasteiger partial charge < -0.3 is 15.2 Å². The molecule has 1 atom stereocenters. The van der Waals surface area contributed by atoms with E-state index in [0.717, 1.165) is 25.0 Å². The number of rotatable bonds is 4. The summed E-state index contributed by atoms with van der Waals surface area (Å²) in [5, 5.41) is 0. The molecule has 1 aliphatic rings. The molecule has 1 aromatic rings. The van der Waals surface area contributed by atoms with Gasteiger partial charge >= 0.3 is 0 Å². The third kappa shape index (κ3) is 2.93. The molecule has 1 unspecified atom stereocenters. The van der Waals surface area contributed by atoms with E-state index in [1.54, 1.807) is 6.20 Å². The van der Waals surface area contributed by atoms with E-state index < -0.39 is 0 Å². The molecule has 4 nitrogen and oxygen atoms in total. The van der Waals surface area contributed by atoms with Gasteiger partial charge in [-0.25, -0.2) is 4.98 Å². The van der Waals surface area contributed by atoms with E-state index in [9.17, 15) is 0 Å². The Bertz CT molecular complexity index is 325. The Morgan fingerprint density at radius 3 is 3.19 bits per heavy atom.